The van der Waals surface area contributed by atoms with Crippen molar-refractivity contribution in [3.63, 3.8) is 0 Å². The van der Waals surface area contributed by atoms with E-state index in [-0.39, 0.29) is 17.4 Å². The van der Waals surface area contributed by atoms with Crippen molar-refractivity contribution < 1.29 is 4.79 Å². The molecule has 1 N–H and O–H groups in total. The fourth-order valence-corrected chi connectivity index (χ4v) is 2.63. The summed E-state index contributed by atoms with van der Waals surface area (Å²) < 4.78 is 1.84. The molecule has 2 aromatic rings. The summed E-state index contributed by atoms with van der Waals surface area (Å²) in [6.07, 6.45) is 5.54. The van der Waals surface area contributed by atoms with Crippen LogP contribution in [0.4, 0.5) is 0 Å². The molecule has 1 aromatic heterocycles. The van der Waals surface area contributed by atoms with Crippen molar-refractivity contribution in [2.24, 2.45) is 0 Å². The second kappa shape index (κ2) is 5.12. The zero-order chi connectivity index (χ0) is 14.0. The molecular weight excluding hydrogens is 250 g/mol. The molecule has 1 heterocycles. The van der Waals surface area contributed by atoms with E-state index < -0.39 is 0 Å². The fourth-order valence-electron chi connectivity index (χ4n) is 2.63. The zero-order valence-electron chi connectivity index (χ0n) is 11.6. The molecule has 1 saturated carbocycles. The van der Waals surface area contributed by atoms with Crippen molar-refractivity contribution in [1.29, 1.82) is 0 Å². The normalized spacial score (nSPS) is 17.4. The SMILES string of the molecule is CC(Cn1cccn1)NC(=O)C1(c2ccccc2)CC1. The molecule has 104 valence electrons. The van der Waals surface area contributed by atoms with Crippen molar-refractivity contribution in [3.8, 4) is 0 Å². The second-order valence-corrected chi connectivity index (χ2v) is 5.55. The number of rotatable bonds is 5. The lowest BCUT2D eigenvalue weighted by Crippen LogP contribution is -2.42. The molecule has 0 aliphatic heterocycles. The van der Waals surface area contributed by atoms with E-state index in [1.807, 2.05) is 54.2 Å². The minimum atomic E-state index is -0.292. The largest absolute Gasteiger partial charge is 0.351 e. The first-order valence-corrected chi connectivity index (χ1v) is 7.05. The molecule has 0 spiro atoms. The predicted octanol–water partition coefficient (Wildman–Crippen LogP) is 2.12. The maximum Gasteiger partial charge on any atom is 0.230 e. The van der Waals surface area contributed by atoms with Crippen molar-refractivity contribution in [1.82, 2.24) is 15.1 Å². The Hall–Kier alpha value is -2.10. The standard InChI is InChI=1S/C16H19N3O/c1-13(12-19-11-5-10-17-19)18-15(20)16(8-9-16)14-6-3-2-4-7-14/h2-7,10-11,13H,8-9,12H2,1H3,(H,18,20). The first-order valence-electron chi connectivity index (χ1n) is 7.05. The van der Waals surface area contributed by atoms with Gasteiger partial charge in [0.25, 0.3) is 0 Å². The highest BCUT2D eigenvalue weighted by Gasteiger charge is 2.51. The van der Waals surface area contributed by atoms with E-state index in [9.17, 15) is 4.79 Å². The summed E-state index contributed by atoms with van der Waals surface area (Å²) in [4.78, 5) is 12.5. The van der Waals surface area contributed by atoms with E-state index in [1.165, 1.54) is 0 Å². The number of carbonyl (C=O) groups is 1. The lowest BCUT2D eigenvalue weighted by atomic mass is 9.95. The van der Waals surface area contributed by atoms with Gasteiger partial charge < -0.3 is 5.32 Å². The molecule has 1 atom stereocenters. The Bertz CT molecular complexity index is 573. The number of hydrogen-bond donors (Lipinski definition) is 1. The molecule has 0 bridgehead atoms. The van der Waals surface area contributed by atoms with Crippen LogP contribution in [0.5, 0.6) is 0 Å². The van der Waals surface area contributed by atoms with E-state index in [4.69, 9.17) is 0 Å². The Balaban J connectivity index is 1.65. The molecule has 0 saturated heterocycles. The van der Waals surface area contributed by atoms with Gasteiger partial charge in [0.1, 0.15) is 0 Å². The first-order chi connectivity index (χ1) is 9.71. The van der Waals surface area contributed by atoms with Crippen LogP contribution in [0.25, 0.3) is 0 Å². The molecule has 4 nitrogen and oxygen atoms in total. The minimum absolute atomic E-state index is 0.0728. The van der Waals surface area contributed by atoms with Gasteiger partial charge in [-0.15, -0.1) is 0 Å². The number of carbonyl (C=O) groups excluding carboxylic acids is 1. The molecule has 3 rings (SSSR count). The van der Waals surface area contributed by atoms with Gasteiger partial charge in [-0.2, -0.15) is 5.10 Å². The van der Waals surface area contributed by atoms with Crippen molar-refractivity contribution in [2.75, 3.05) is 0 Å². The van der Waals surface area contributed by atoms with Crippen LogP contribution in [0.1, 0.15) is 25.3 Å². The average molecular weight is 269 g/mol. The van der Waals surface area contributed by atoms with Gasteiger partial charge in [0.2, 0.25) is 5.91 Å². The van der Waals surface area contributed by atoms with E-state index >= 15 is 0 Å². The molecule has 4 heteroatoms. The van der Waals surface area contributed by atoms with Gasteiger partial charge in [0.15, 0.2) is 0 Å². The molecule has 1 aliphatic carbocycles. The van der Waals surface area contributed by atoms with Gasteiger partial charge in [0.05, 0.1) is 12.0 Å². The van der Waals surface area contributed by atoms with Gasteiger partial charge >= 0.3 is 0 Å². The quantitative estimate of drug-likeness (QED) is 0.903. The minimum Gasteiger partial charge on any atom is -0.351 e. The molecule has 0 radical (unpaired) electrons. The molecule has 1 unspecified atom stereocenters. The van der Waals surface area contributed by atoms with Crippen LogP contribution in [0.15, 0.2) is 48.8 Å². The van der Waals surface area contributed by atoms with Gasteiger partial charge in [-0.25, -0.2) is 0 Å². The molecule has 1 aromatic carbocycles. The van der Waals surface area contributed by atoms with Crippen LogP contribution in [-0.4, -0.2) is 21.7 Å². The third-order valence-electron chi connectivity index (χ3n) is 3.91. The summed E-state index contributed by atoms with van der Waals surface area (Å²) in [5.74, 6) is 0.142. The highest BCUT2D eigenvalue weighted by Crippen LogP contribution is 2.48. The summed E-state index contributed by atoms with van der Waals surface area (Å²) in [5.41, 5.74) is 0.836. The summed E-state index contributed by atoms with van der Waals surface area (Å²) in [6.45, 7) is 2.71. The first kappa shape index (κ1) is 12.9. The van der Waals surface area contributed by atoms with E-state index in [0.717, 1.165) is 18.4 Å². The number of aromatic nitrogens is 2. The lowest BCUT2D eigenvalue weighted by Gasteiger charge is -2.20. The topological polar surface area (TPSA) is 46.9 Å². The molecule has 20 heavy (non-hydrogen) atoms. The maximum atomic E-state index is 12.5. The lowest BCUT2D eigenvalue weighted by molar-refractivity contribution is -0.124. The highest BCUT2D eigenvalue weighted by molar-refractivity contribution is 5.91. The molecular formula is C16H19N3O. The Morgan fingerprint density at radius 3 is 2.70 bits per heavy atom. The monoisotopic (exact) mass is 269 g/mol. The van der Waals surface area contributed by atoms with Crippen molar-refractivity contribution >= 4 is 5.91 Å². The summed E-state index contributed by atoms with van der Waals surface area (Å²) in [7, 11) is 0. The van der Waals surface area contributed by atoms with Crippen molar-refractivity contribution in [2.45, 2.75) is 37.8 Å². The Morgan fingerprint density at radius 1 is 1.35 bits per heavy atom. The third-order valence-corrected chi connectivity index (χ3v) is 3.91. The highest BCUT2D eigenvalue weighted by atomic mass is 16.2. The van der Waals surface area contributed by atoms with Crippen molar-refractivity contribution in [3.05, 3.63) is 54.4 Å². The van der Waals surface area contributed by atoms with Crippen LogP contribution in [0, 0.1) is 0 Å². The molecule has 1 amide bonds. The van der Waals surface area contributed by atoms with Crippen LogP contribution < -0.4 is 5.32 Å². The summed E-state index contributed by atoms with van der Waals surface area (Å²) >= 11 is 0. The Labute approximate surface area is 118 Å². The number of nitrogens with zero attached hydrogens (tertiary/aromatic N) is 2. The van der Waals surface area contributed by atoms with E-state index in [1.54, 1.807) is 6.20 Å². The van der Waals surface area contributed by atoms with Gasteiger partial charge in [-0.05, 0) is 31.4 Å². The van der Waals surface area contributed by atoms with E-state index in [0.29, 0.717) is 6.54 Å². The number of nitrogens with one attached hydrogen (secondary N) is 1. The average Bonchev–Trinajstić information content (AvgIpc) is 3.13. The zero-order valence-corrected chi connectivity index (χ0v) is 11.6. The van der Waals surface area contributed by atoms with Crippen LogP contribution in [0.3, 0.4) is 0 Å². The summed E-state index contributed by atoms with van der Waals surface area (Å²) in [6, 6.07) is 12.0. The Morgan fingerprint density at radius 2 is 2.10 bits per heavy atom. The summed E-state index contributed by atoms with van der Waals surface area (Å²) in [5, 5.41) is 7.28. The molecule has 1 fully saturated rings. The van der Waals surface area contributed by atoms with Gasteiger partial charge in [-0.1, -0.05) is 30.3 Å². The molecule has 1 aliphatic rings. The number of amides is 1. The Kier molecular flexibility index (Phi) is 3.30. The smallest absolute Gasteiger partial charge is 0.230 e. The number of benzene rings is 1. The number of hydrogen-bond acceptors (Lipinski definition) is 2. The second-order valence-electron chi connectivity index (χ2n) is 5.55. The fraction of sp³-hybridized carbons (Fsp3) is 0.375. The van der Waals surface area contributed by atoms with Crippen LogP contribution >= 0.6 is 0 Å². The van der Waals surface area contributed by atoms with Gasteiger partial charge in [0, 0.05) is 18.4 Å². The van der Waals surface area contributed by atoms with Gasteiger partial charge in [-0.3, -0.25) is 9.48 Å². The van der Waals surface area contributed by atoms with E-state index in [2.05, 4.69) is 10.4 Å². The predicted molar refractivity (Wildman–Crippen MR) is 77.2 cm³/mol. The maximum absolute atomic E-state index is 12.5. The third kappa shape index (κ3) is 2.46. The van der Waals surface area contributed by atoms with Crippen LogP contribution in [0.2, 0.25) is 0 Å². The van der Waals surface area contributed by atoms with Crippen LogP contribution in [-0.2, 0) is 16.8 Å².